The highest BCUT2D eigenvalue weighted by Gasteiger charge is 2.36. The van der Waals surface area contributed by atoms with Crippen molar-refractivity contribution < 1.29 is 0 Å². The van der Waals surface area contributed by atoms with Gasteiger partial charge in [-0.05, 0) is 38.5 Å². The van der Waals surface area contributed by atoms with E-state index in [1.165, 1.54) is 32.1 Å². The lowest BCUT2D eigenvalue weighted by Crippen LogP contribution is -2.43. The summed E-state index contributed by atoms with van der Waals surface area (Å²) >= 11 is 0. The molecular formula is C13H20N4. The van der Waals surface area contributed by atoms with E-state index in [9.17, 15) is 0 Å². The van der Waals surface area contributed by atoms with E-state index in [0.717, 1.165) is 23.8 Å². The van der Waals surface area contributed by atoms with Crippen LogP contribution in [0, 0.1) is 12.8 Å². The molecule has 2 unspecified atom stereocenters. The summed E-state index contributed by atoms with van der Waals surface area (Å²) < 4.78 is 0. The molecule has 1 aliphatic carbocycles. The number of rotatable bonds is 1. The van der Waals surface area contributed by atoms with Gasteiger partial charge in [0, 0.05) is 18.2 Å². The minimum atomic E-state index is 0.620. The third kappa shape index (κ3) is 1.75. The molecule has 1 aromatic rings. The van der Waals surface area contributed by atoms with Gasteiger partial charge in [-0.1, -0.05) is 6.42 Å². The lowest BCUT2D eigenvalue weighted by atomic mass is 9.92. The van der Waals surface area contributed by atoms with E-state index in [4.69, 9.17) is 5.73 Å². The normalized spacial score (nSPS) is 28.2. The van der Waals surface area contributed by atoms with Gasteiger partial charge in [0.2, 0.25) is 0 Å². The lowest BCUT2D eigenvalue weighted by molar-refractivity contribution is 0.360. The molecule has 3 rings (SSSR count). The van der Waals surface area contributed by atoms with E-state index in [-0.39, 0.29) is 0 Å². The average molecular weight is 232 g/mol. The highest BCUT2D eigenvalue weighted by Crippen LogP contribution is 2.39. The summed E-state index contributed by atoms with van der Waals surface area (Å²) in [7, 11) is 0. The molecule has 2 fully saturated rings. The summed E-state index contributed by atoms with van der Waals surface area (Å²) in [5.41, 5.74) is 6.93. The SMILES string of the molecule is Cc1c(N)ncnc1N1CCCC2CCCC21. The second-order valence-corrected chi connectivity index (χ2v) is 5.30. The van der Waals surface area contributed by atoms with Gasteiger partial charge < -0.3 is 10.6 Å². The average Bonchev–Trinajstić information content (AvgIpc) is 2.81. The van der Waals surface area contributed by atoms with Crippen LogP contribution < -0.4 is 10.6 Å². The first-order chi connectivity index (χ1) is 8.27. The molecule has 0 radical (unpaired) electrons. The van der Waals surface area contributed by atoms with E-state index in [1.54, 1.807) is 6.33 Å². The number of fused-ring (bicyclic) bond motifs is 1. The van der Waals surface area contributed by atoms with Crippen molar-refractivity contribution in [2.24, 2.45) is 5.92 Å². The van der Waals surface area contributed by atoms with E-state index in [1.807, 2.05) is 6.92 Å². The molecule has 2 N–H and O–H groups in total. The largest absolute Gasteiger partial charge is 0.383 e. The van der Waals surface area contributed by atoms with Crippen LogP contribution in [0.1, 0.15) is 37.7 Å². The van der Waals surface area contributed by atoms with Crippen LogP contribution in [-0.4, -0.2) is 22.6 Å². The summed E-state index contributed by atoms with van der Waals surface area (Å²) in [6, 6.07) is 0.691. The molecule has 0 amide bonds. The molecule has 4 nitrogen and oxygen atoms in total. The molecule has 2 heterocycles. The van der Waals surface area contributed by atoms with Crippen LogP contribution in [-0.2, 0) is 0 Å². The topological polar surface area (TPSA) is 55.0 Å². The van der Waals surface area contributed by atoms with Gasteiger partial charge in [-0.3, -0.25) is 0 Å². The van der Waals surface area contributed by atoms with Crippen LogP contribution in [0.2, 0.25) is 0 Å². The van der Waals surface area contributed by atoms with Gasteiger partial charge in [-0.25, -0.2) is 9.97 Å². The molecule has 1 aromatic heterocycles. The predicted octanol–water partition coefficient (Wildman–Crippen LogP) is 2.14. The molecular weight excluding hydrogens is 212 g/mol. The second-order valence-electron chi connectivity index (χ2n) is 5.30. The van der Waals surface area contributed by atoms with Gasteiger partial charge in [-0.15, -0.1) is 0 Å². The summed E-state index contributed by atoms with van der Waals surface area (Å²) in [6.45, 7) is 3.15. The Morgan fingerprint density at radius 3 is 2.94 bits per heavy atom. The molecule has 1 saturated heterocycles. The first-order valence-electron chi connectivity index (χ1n) is 6.61. The van der Waals surface area contributed by atoms with E-state index >= 15 is 0 Å². The number of hydrogen-bond donors (Lipinski definition) is 1. The van der Waals surface area contributed by atoms with Crippen molar-refractivity contribution in [1.82, 2.24) is 9.97 Å². The zero-order valence-corrected chi connectivity index (χ0v) is 10.4. The third-order valence-corrected chi connectivity index (χ3v) is 4.36. The molecule has 0 aromatic carbocycles. The fraction of sp³-hybridized carbons (Fsp3) is 0.692. The third-order valence-electron chi connectivity index (χ3n) is 4.36. The minimum absolute atomic E-state index is 0.620. The van der Waals surface area contributed by atoms with Crippen molar-refractivity contribution in [3.05, 3.63) is 11.9 Å². The summed E-state index contributed by atoms with van der Waals surface area (Å²) in [5.74, 6) is 2.56. The van der Waals surface area contributed by atoms with Gasteiger partial charge in [0.25, 0.3) is 0 Å². The molecule has 2 aliphatic rings. The van der Waals surface area contributed by atoms with E-state index < -0.39 is 0 Å². The van der Waals surface area contributed by atoms with Crippen molar-refractivity contribution in [1.29, 1.82) is 0 Å². The van der Waals surface area contributed by atoms with Gasteiger partial charge in [-0.2, -0.15) is 0 Å². The van der Waals surface area contributed by atoms with Crippen molar-refractivity contribution in [2.75, 3.05) is 17.2 Å². The number of nitrogens with zero attached hydrogens (tertiary/aromatic N) is 3. The highest BCUT2D eigenvalue weighted by atomic mass is 15.2. The van der Waals surface area contributed by atoms with Crippen LogP contribution in [0.5, 0.6) is 0 Å². The van der Waals surface area contributed by atoms with Crippen LogP contribution in [0.3, 0.4) is 0 Å². The van der Waals surface area contributed by atoms with Crippen molar-refractivity contribution in [2.45, 2.75) is 45.1 Å². The van der Waals surface area contributed by atoms with Gasteiger partial charge in [0.05, 0.1) is 0 Å². The number of anilines is 2. The van der Waals surface area contributed by atoms with Gasteiger partial charge >= 0.3 is 0 Å². The maximum absolute atomic E-state index is 5.89. The maximum atomic E-state index is 5.89. The Hall–Kier alpha value is -1.32. The first-order valence-corrected chi connectivity index (χ1v) is 6.61. The van der Waals surface area contributed by atoms with E-state index in [0.29, 0.717) is 11.9 Å². The van der Waals surface area contributed by atoms with Crippen LogP contribution in [0.25, 0.3) is 0 Å². The van der Waals surface area contributed by atoms with Gasteiger partial charge in [0.1, 0.15) is 18.0 Å². The maximum Gasteiger partial charge on any atom is 0.137 e. The molecule has 17 heavy (non-hydrogen) atoms. The molecule has 1 saturated carbocycles. The predicted molar refractivity (Wildman–Crippen MR) is 68.9 cm³/mol. The van der Waals surface area contributed by atoms with Crippen LogP contribution in [0.15, 0.2) is 6.33 Å². The molecule has 4 heteroatoms. The standard InChI is InChI=1S/C13H20N4/c1-9-12(14)15-8-16-13(9)17-7-3-5-10-4-2-6-11(10)17/h8,10-11H,2-7H2,1H3,(H2,14,15,16). The Bertz CT molecular complexity index is 418. The lowest BCUT2D eigenvalue weighted by Gasteiger charge is -2.39. The zero-order valence-electron chi connectivity index (χ0n) is 10.4. The molecule has 2 atom stereocenters. The Morgan fingerprint density at radius 1 is 1.24 bits per heavy atom. The first kappa shape index (κ1) is 10.8. The second kappa shape index (κ2) is 4.17. The summed E-state index contributed by atoms with van der Waals surface area (Å²) in [6.07, 6.45) is 8.34. The number of nitrogens with two attached hydrogens (primary N) is 1. The Morgan fingerprint density at radius 2 is 2.06 bits per heavy atom. The van der Waals surface area contributed by atoms with Crippen LogP contribution in [0.4, 0.5) is 11.6 Å². The van der Waals surface area contributed by atoms with E-state index in [2.05, 4.69) is 14.9 Å². The molecule has 1 aliphatic heterocycles. The highest BCUT2D eigenvalue weighted by molar-refractivity contribution is 5.56. The number of hydrogen-bond acceptors (Lipinski definition) is 4. The number of nitrogen functional groups attached to an aromatic ring is 1. The zero-order chi connectivity index (χ0) is 11.8. The molecule has 0 spiro atoms. The Kier molecular flexibility index (Phi) is 2.65. The van der Waals surface area contributed by atoms with Crippen LogP contribution >= 0.6 is 0 Å². The fourth-order valence-corrected chi connectivity index (χ4v) is 3.46. The van der Waals surface area contributed by atoms with Gasteiger partial charge in [0.15, 0.2) is 0 Å². The Balaban J connectivity index is 1.94. The monoisotopic (exact) mass is 232 g/mol. The smallest absolute Gasteiger partial charge is 0.137 e. The summed E-state index contributed by atoms with van der Waals surface area (Å²) in [4.78, 5) is 11.0. The molecule has 92 valence electrons. The fourth-order valence-electron chi connectivity index (χ4n) is 3.46. The van der Waals surface area contributed by atoms with Crippen molar-refractivity contribution in [3.8, 4) is 0 Å². The minimum Gasteiger partial charge on any atom is -0.383 e. The number of aromatic nitrogens is 2. The Labute approximate surface area is 102 Å². The quantitative estimate of drug-likeness (QED) is 0.806. The van der Waals surface area contributed by atoms with Crippen molar-refractivity contribution >= 4 is 11.6 Å². The molecule has 0 bridgehead atoms. The summed E-state index contributed by atoms with van der Waals surface area (Å²) in [5, 5.41) is 0. The number of piperidine rings is 1. The van der Waals surface area contributed by atoms with Crippen molar-refractivity contribution in [3.63, 3.8) is 0 Å².